The zero-order valence-corrected chi connectivity index (χ0v) is 12.5. The summed E-state index contributed by atoms with van der Waals surface area (Å²) in [5.74, 6) is 0.136. The van der Waals surface area contributed by atoms with Crippen LogP contribution in [0.25, 0.3) is 0 Å². The molecule has 0 aliphatic rings. The molecule has 0 radical (unpaired) electrons. The Labute approximate surface area is 107 Å². The molecule has 0 amide bonds. The second kappa shape index (κ2) is 8.09. The molecule has 0 unspecified atom stereocenters. The van der Waals surface area contributed by atoms with Gasteiger partial charge in [-0.25, -0.2) is 13.6 Å². The highest BCUT2D eigenvalue weighted by atomic mass is 32.2. The van der Waals surface area contributed by atoms with Gasteiger partial charge in [0.05, 0.1) is 5.75 Å². The van der Waals surface area contributed by atoms with Crippen molar-refractivity contribution < 1.29 is 8.42 Å². The lowest BCUT2D eigenvalue weighted by molar-refractivity contribution is 0.356. The van der Waals surface area contributed by atoms with Crippen molar-refractivity contribution in [3.63, 3.8) is 0 Å². The summed E-state index contributed by atoms with van der Waals surface area (Å²) in [5, 5.41) is 4.93. The predicted octanol–water partition coefficient (Wildman–Crippen LogP) is 3.44. The van der Waals surface area contributed by atoms with Crippen LogP contribution in [-0.4, -0.2) is 14.2 Å². The normalized spacial score (nSPS) is 12.9. The van der Waals surface area contributed by atoms with Gasteiger partial charge in [0.2, 0.25) is 10.0 Å². The van der Waals surface area contributed by atoms with Gasteiger partial charge in [-0.3, -0.25) is 0 Å². The summed E-state index contributed by atoms with van der Waals surface area (Å²) in [5.41, 5.74) is 0.454. The van der Waals surface area contributed by atoms with Crippen molar-refractivity contribution in [1.82, 2.24) is 0 Å². The van der Waals surface area contributed by atoms with Crippen molar-refractivity contribution in [3.8, 4) is 0 Å². The van der Waals surface area contributed by atoms with Crippen LogP contribution in [-0.2, 0) is 10.0 Å². The highest BCUT2D eigenvalue weighted by Gasteiger charge is 2.08. The van der Waals surface area contributed by atoms with Crippen molar-refractivity contribution in [3.05, 3.63) is 0 Å². The van der Waals surface area contributed by atoms with Gasteiger partial charge in [0, 0.05) is 0 Å². The Bertz CT molecular complexity index is 278. The van der Waals surface area contributed by atoms with Crippen LogP contribution < -0.4 is 5.14 Å². The summed E-state index contributed by atoms with van der Waals surface area (Å²) in [6.07, 6.45) is 9.20. The summed E-state index contributed by atoms with van der Waals surface area (Å²) >= 11 is 0. The molecule has 0 aliphatic carbocycles. The molecule has 17 heavy (non-hydrogen) atoms. The number of primary sulfonamides is 1. The molecule has 2 N–H and O–H groups in total. The molecule has 4 heteroatoms. The van der Waals surface area contributed by atoms with E-state index in [1.807, 2.05) is 0 Å². The number of rotatable bonds is 9. The Morgan fingerprint density at radius 2 is 1.24 bits per heavy atom. The predicted molar refractivity (Wildman–Crippen MR) is 74.4 cm³/mol. The van der Waals surface area contributed by atoms with E-state index in [1.54, 1.807) is 0 Å². The molecule has 0 rings (SSSR count). The van der Waals surface area contributed by atoms with E-state index in [1.165, 1.54) is 32.1 Å². The Morgan fingerprint density at radius 3 is 1.65 bits per heavy atom. The number of hydrogen-bond acceptors (Lipinski definition) is 2. The lowest BCUT2D eigenvalue weighted by Crippen LogP contribution is -2.16. The minimum atomic E-state index is -3.24. The summed E-state index contributed by atoms with van der Waals surface area (Å²) < 4.78 is 21.4. The van der Waals surface area contributed by atoms with Gasteiger partial charge in [-0.2, -0.15) is 0 Å². The van der Waals surface area contributed by atoms with E-state index in [4.69, 9.17) is 5.14 Å². The summed E-state index contributed by atoms with van der Waals surface area (Å²) in [7, 11) is -3.24. The van der Waals surface area contributed by atoms with E-state index in [9.17, 15) is 8.42 Å². The molecule has 0 heterocycles. The van der Waals surface area contributed by atoms with Crippen molar-refractivity contribution in [2.75, 3.05) is 5.75 Å². The lowest BCUT2D eigenvalue weighted by atomic mass is 9.89. The van der Waals surface area contributed by atoms with Crippen LogP contribution in [0.4, 0.5) is 0 Å². The zero-order chi connectivity index (χ0) is 13.4. The van der Waals surface area contributed by atoms with Gasteiger partial charge < -0.3 is 0 Å². The lowest BCUT2D eigenvalue weighted by Gasteiger charge is -2.17. The van der Waals surface area contributed by atoms with Crippen LogP contribution in [0.2, 0.25) is 0 Å². The Hall–Kier alpha value is -0.0900. The monoisotopic (exact) mass is 263 g/mol. The molecule has 0 aromatic rings. The Balaban J connectivity index is 3.20. The molecule has 0 spiro atoms. The first-order valence-electron chi connectivity index (χ1n) is 6.71. The standard InChI is InChI=1S/C13H29NO2S/c1-13(2,3)11-9-7-5-4-6-8-10-12-17(14,15)16/h4-12H2,1-3H3,(H2,14,15,16). The molecular formula is C13H29NO2S. The maximum absolute atomic E-state index is 10.7. The number of hydrogen-bond donors (Lipinski definition) is 1. The van der Waals surface area contributed by atoms with E-state index in [0.717, 1.165) is 12.8 Å². The van der Waals surface area contributed by atoms with Gasteiger partial charge in [-0.1, -0.05) is 59.3 Å². The molecule has 3 nitrogen and oxygen atoms in total. The summed E-state index contributed by atoms with van der Waals surface area (Å²) in [6.45, 7) is 6.83. The minimum absolute atomic E-state index is 0.136. The fraction of sp³-hybridized carbons (Fsp3) is 1.00. The van der Waals surface area contributed by atoms with Gasteiger partial charge >= 0.3 is 0 Å². The first-order chi connectivity index (χ1) is 7.71. The first kappa shape index (κ1) is 16.9. The van der Waals surface area contributed by atoms with Crippen LogP contribution in [0.3, 0.4) is 0 Å². The van der Waals surface area contributed by atoms with Gasteiger partial charge in [0.1, 0.15) is 0 Å². The number of sulfonamides is 1. The van der Waals surface area contributed by atoms with E-state index in [2.05, 4.69) is 20.8 Å². The number of unbranched alkanes of at least 4 members (excludes halogenated alkanes) is 6. The largest absolute Gasteiger partial charge is 0.229 e. The highest BCUT2D eigenvalue weighted by molar-refractivity contribution is 7.89. The van der Waals surface area contributed by atoms with Crippen molar-refractivity contribution in [2.24, 2.45) is 10.6 Å². The van der Waals surface area contributed by atoms with E-state index < -0.39 is 10.0 Å². The number of nitrogens with two attached hydrogens (primary N) is 1. The fourth-order valence-corrected chi connectivity index (χ4v) is 2.45. The van der Waals surface area contributed by atoms with Crippen LogP contribution in [0.1, 0.15) is 72.1 Å². The van der Waals surface area contributed by atoms with Gasteiger partial charge in [0.15, 0.2) is 0 Å². The van der Waals surface area contributed by atoms with Crippen LogP contribution in [0.15, 0.2) is 0 Å². The van der Waals surface area contributed by atoms with Crippen LogP contribution >= 0.6 is 0 Å². The van der Waals surface area contributed by atoms with Crippen molar-refractivity contribution in [2.45, 2.75) is 72.1 Å². The maximum atomic E-state index is 10.7. The summed E-state index contributed by atoms with van der Waals surface area (Å²) in [6, 6.07) is 0. The van der Waals surface area contributed by atoms with E-state index in [-0.39, 0.29) is 5.75 Å². The van der Waals surface area contributed by atoms with Gasteiger partial charge in [0.25, 0.3) is 0 Å². The molecule has 0 atom stereocenters. The second-order valence-corrected chi connectivity index (χ2v) is 7.89. The smallest absolute Gasteiger partial charge is 0.209 e. The Kier molecular flexibility index (Phi) is 8.05. The molecule has 0 aromatic carbocycles. The topological polar surface area (TPSA) is 60.2 Å². The van der Waals surface area contributed by atoms with Crippen molar-refractivity contribution >= 4 is 10.0 Å². The quantitative estimate of drug-likeness (QED) is 0.648. The van der Waals surface area contributed by atoms with Crippen LogP contribution in [0, 0.1) is 5.41 Å². The first-order valence-corrected chi connectivity index (χ1v) is 8.43. The second-order valence-electron chi connectivity index (χ2n) is 6.15. The SMILES string of the molecule is CC(C)(C)CCCCCCCCCS(N)(=O)=O. The summed E-state index contributed by atoms with van der Waals surface area (Å²) in [4.78, 5) is 0. The highest BCUT2D eigenvalue weighted by Crippen LogP contribution is 2.22. The molecule has 104 valence electrons. The zero-order valence-electron chi connectivity index (χ0n) is 11.7. The van der Waals surface area contributed by atoms with E-state index in [0.29, 0.717) is 11.8 Å². The van der Waals surface area contributed by atoms with Gasteiger partial charge in [-0.15, -0.1) is 0 Å². The average molecular weight is 263 g/mol. The van der Waals surface area contributed by atoms with Gasteiger partial charge in [-0.05, 0) is 18.3 Å². The van der Waals surface area contributed by atoms with Crippen molar-refractivity contribution in [1.29, 1.82) is 0 Å². The maximum Gasteiger partial charge on any atom is 0.209 e. The molecule has 0 saturated carbocycles. The third-order valence-corrected chi connectivity index (χ3v) is 3.71. The third kappa shape index (κ3) is 15.9. The average Bonchev–Trinajstić information content (AvgIpc) is 2.11. The minimum Gasteiger partial charge on any atom is -0.229 e. The molecular weight excluding hydrogens is 234 g/mol. The van der Waals surface area contributed by atoms with Crippen LogP contribution in [0.5, 0.6) is 0 Å². The fourth-order valence-electron chi connectivity index (χ4n) is 1.84. The molecule has 0 saturated heterocycles. The molecule has 0 bridgehead atoms. The molecule has 0 fully saturated rings. The molecule has 0 aromatic heterocycles. The Morgan fingerprint density at radius 1 is 0.824 bits per heavy atom. The third-order valence-electron chi connectivity index (χ3n) is 2.86. The van der Waals surface area contributed by atoms with E-state index >= 15 is 0 Å². The molecule has 0 aliphatic heterocycles.